The van der Waals surface area contributed by atoms with E-state index in [1.54, 1.807) is 4.90 Å². The zero-order valence-electron chi connectivity index (χ0n) is 14.0. The van der Waals surface area contributed by atoms with Crippen molar-refractivity contribution in [3.05, 3.63) is 0 Å². The molecule has 2 amide bonds. The third-order valence-electron chi connectivity index (χ3n) is 3.31. The van der Waals surface area contributed by atoms with Crippen LogP contribution in [0.5, 0.6) is 0 Å². The molecule has 0 bridgehead atoms. The van der Waals surface area contributed by atoms with Crippen molar-refractivity contribution in [1.82, 2.24) is 9.96 Å². The molecule has 1 unspecified atom stereocenters. The maximum atomic E-state index is 12.4. The van der Waals surface area contributed by atoms with Crippen LogP contribution in [0.25, 0.3) is 0 Å². The highest BCUT2D eigenvalue weighted by atomic mass is 16.7. The van der Waals surface area contributed by atoms with E-state index in [9.17, 15) is 9.59 Å². The molecular formula is C15H28N2O4. The standard InChI is InChI=1S/C15H28N2O4/c1-11(2)17(20-6)13(18)12-8-7-9-16(10-12)14(19)21-15(3,4)5/h11-12H,7-10H2,1-6H3. The molecule has 21 heavy (non-hydrogen) atoms. The summed E-state index contributed by atoms with van der Waals surface area (Å²) in [4.78, 5) is 31.3. The number of amides is 2. The fourth-order valence-electron chi connectivity index (χ4n) is 2.41. The van der Waals surface area contributed by atoms with Gasteiger partial charge < -0.3 is 9.64 Å². The van der Waals surface area contributed by atoms with E-state index in [2.05, 4.69) is 0 Å². The number of hydrogen-bond acceptors (Lipinski definition) is 4. The lowest BCUT2D eigenvalue weighted by Gasteiger charge is -2.35. The van der Waals surface area contributed by atoms with E-state index >= 15 is 0 Å². The average Bonchev–Trinajstić information content (AvgIpc) is 2.37. The van der Waals surface area contributed by atoms with Crippen molar-refractivity contribution in [3.8, 4) is 0 Å². The quantitative estimate of drug-likeness (QED) is 0.751. The number of carbonyl (C=O) groups excluding carboxylic acids is 2. The second-order valence-electron chi connectivity index (χ2n) is 6.71. The lowest BCUT2D eigenvalue weighted by molar-refractivity contribution is -0.191. The number of ether oxygens (including phenoxy) is 1. The molecule has 6 nitrogen and oxygen atoms in total. The normalized spacial score (nSPS) is 19.6. The molecule has 0 radical (unpaired) electrons. The van der Waals surface area contributed by atoms with Gasteiger partial charge in [0.1, 0.15) is 5.60 Å². The number of hydroxylamine groups is 2. The minimum Gasteiger partial charge on any atom is -0.444 e. The molecule has 0 aliphatic carbocycles. The lowest BCUT2D eigenvalue weighted by atomic mass is 9.97. The van der Waals surface area contributed by atoms with Crippen LogP contribution in [0.15, 0.2) is 0 Å². The molecule has 6 heteroatoms. The SMILES string of the molecule is CON(C(=O)C1CCCN(C(=O)OC(C)(C)C)C1)C(C)C. The first-order valence-corrected chi connectivity index (χ1v) is 7.51. The van der Waals surface area contributed by atoms with Gasteiger partial charge in [0.05, 0.1) is 19.1 Å². The van der Waals surface area contributed by atoms with E-state index in [1.807, 2.05) is 34.6 Å². The van der Waals surface area contributed by atoms with E-state index in [0.717, 1.165) is 12.8 Å². The topological polar surface area (TPSA) is 59.1 Å². The van der Waals surface area contributed by atoms with Gasteiger partial charge >= 0.3 is 6.09 Å². The monoisotopic (exact) mass is 300 g/mol. The summed E-state index contributed by atoms with van der Waals surface area (Å²) >= 11 is 0. The summed E-state index contributed by atoms with van der Waals surface area (Å²) in [6.45, 7) is 10.3. The molecular weight excluding hydrogens is 272 g/mol. The maximum Gasteiger partial charge on any atom is 0.410 e. The predicted molar refractivity (Wildman–Crippen MR) is 79.5 cm³/mol. The van der Waals surface area contributed by atoms with Gasteiger partial charge in [-0.15, -0.1) is 0 Å². The smallest absolute Gasteiger partial charge is 0.410 e. The molecule has 0 aromatic carbocycles. The Balaban J connectivity index is 2.67. The number of piperidine rings is 1. The molecule has 0 spiro atoms. The number of hydrogen-bond donors (Lipinski definition) is 0. The molecule has 122 valence electrons. The summed E-state index contributed by atoms with van der Waals surface area (Å²) in [6, 6.07) is -0.0283. The molecule has 0 aromatic rings. The molecule has 0 N–H and O–H groups in total. The van der Waals surface area contributed by atoms with E-state index in [0.29, 0.717) is 13.1 Å². The highest BCUT2D eigenvalue weighted by Gasteiger charge is 2.34. The van der Waals surface area contributed by atoms with Gasteiger partial charge in [-0.2, -0.15) is 0 Å². The summed E-state index contributed by atoms with van der Waals surface area (Å²) in [5.41, 5.74) is -0.523. The van der Waals surface area contributed by atoms with Crippen LogP contribution in [0.3, 0.4) is 0 Å². The van der Waals surface area contributed by atoms with E-state index < -0.39 is 5.60 Å². The van der Waals surface area contributed by atoms with Gasteiger partial charge in [-0.05, 0) is 47.5 Å². The zero-order chi connectivity index (χ0) is 16.2. The van der Waals surface area contributed by atoms with Crippen molar-refractivity contribution in [1.29, 1.82) is 0 Å². The van der Waals surface area contributed by atoms with Crippen LogP contribution in [0.4, 0.5) is 4.79 Å². The molecule has 1 atom stereocenters. The fraction of sp³-hybridized carbons (Fsp3) is 0.867. The Morgan fingerprint density at radius 2 is 1.90 bits per heavy atom. The number of likely N-dealkylation sites (tertiary alicyclic amines) is 1. The summed E-state index contributed by atoms with van der Waals surface area (Å²) in [5, 5.41) is 1.38. The molecule has 1 aliphatic rings. The highest BCUT2D eigenvalue weighted by Crippen LogP contribution is 2.22. The Hall–Kier alpha value is -1.30. The van der Waals surface area contributed by atoms with Crippen molar-refractivity contribution < 1.29 is 19.2 Å². The van der Waals surface area contributed by atoms with E-state index in [4.69, 9.17) is 9.57 Å². The van der Waals surface area contributed by atoms with E-state index in [-0.39, 0.29) is 24.0 Å². The summed E-state index contributed by atoms with van der Waals surface area (Å²) in [6.07, 6.45) is 1.21. The number of carbonyl (C=O) groups is 2. The van der Waals surface area contributed by atoms with Crippen molar-refractivity contribution >= 4 is 12.0 Å². The predicted octanol–water partition coefficient (Wildman–Crippen LogP) is 2.43. The lowest BCUT2D eigenvalue weighted by Crippen LogP contribution is -2.49. The Kier molecular flexibility index (Phi) is 6.01. The van der Waals surface area contributed by atoms with Gasteiger partial charge in [0.2, 0.25) is 0 Å². The average molecular weight is 300 g/mol. The highest BCUT2D eigenvalue weighted by molar-refractivity contribution is 5.79. The van der Waals surface area contributed by atoms with Crippen molar-refractivity contribution in [3.63, 3.8) is 0 Å². The maximum absolute atomic E-state index is 12.4. The van der Waals surface area contributed by atoms with Gasteiger partial charge in [-0.25, -0.2) is 9.86 Å². The Morgan fingerprint density at radius 3 is 2.38 bits per heavy atom. The first kappa shape index (κ1) is 17.8. The van der Waals surface area contributed by atoms with Gasteiger partial charge in [-0.3, -0.25) is 9.63 Å². The van der Waals surface area contributed by atoms with Gasteiger partial charge in [-0.1, -0.05) is 0 Å². The van der Waals surface area contributed by atoms with Crippen molar-refractivity contribution in [2.45, 2.75) is 59.1 Å². The molecule has 1 aliphatic heterocycles. The number of rotatable bonds is 3. The number of nitrogens with zero attached hydrogens (tertiary/aromatic N) is 2. The molecule has 0 aromatic heterocycles. The van der Waals surface area contributed by atoms with Crippen LogP contribution in [0.1, 0.15) is 47.5 Å². The van der Waals surface area contributed by atoms with Crippen LogP contribution in [-0.2, 0) is 14.4 Å². The molecule has 1 heterocycles. The minimum absolute atomic E-state index is 0.0283. The van der Waals surface area contributed by atoms with Gasteiger partial charge in [0.15, 0.2) is 0 Å². The van der Waals surface area contributed by atoms with Gasteiger partial charge in [0.25, 0.3) is 5.91 Å². The minimum atomic E-state index is -0.523. The van der Waals surface area contributed by atoms with E-state index in [1.165, 1.54) is 12.2 Å². The second kappa shape index (κ2) is 7.11. The Morgan fingerprint density at radius 1 is 1.29 bits per heavy atom. The Bertz CT molecular complexity index is 376. The third-order valence-corrected chi connectivity index (χ3v) is 3.31. The summed E-state index contributed by atoms with van der Waals surface area (Å²) in [7, 11) is 1.49. The van der Waals surface area contributed by atoms with Crippen LogP contribution in [0, 0.1) is 5.92 Å². The van der Waals surface area contributed by atoms with Crippen molar-refractivity contribution in [2.75, 3.05) is 20.2 Å². The van der Waals surface area contributed by atoms with Gasteiger partial charge in [0, 0.05) is 13.1 Å². The van der Waals surface area contributed by atoms with Crippen molar-refractivity contribution in [2.24, 2.45) is 5.92 Å². The third kappa shape index (κ3) is 5.19. The fourth-order valence-corrected chi connectivity index (χ4v) is 2.41. The summed E-state index contributed by atoms with van der Waals surface area (Å²) < 4.78 is 5.37. The molecule has 0 saturated carbocycles. The summed E-state index contributed by atoms with van der Waals surface area (Å²) in [5.74, 6) is -0.297. The zero-order valence-corrected chi connectivity index (χ0v) is 14.0. The second-order valence-corrected chi connectivity index (χ2v) is 6.71. The van der Waals surface area contributed by atoms with Crippen LogP contribution < -0.4 is 0 Å². The molecule has 1 saturated heterocycles. The largest absolute Gasteiger partial charge is 0.444 e. The van der Waals surface area contributed by atoms with Crippen LogP contribution in [-0.4, -0.2) is 53.8 Å². The molecule has 1 rings (SSSR count). The Labute approximate surface area is 127 Å². The molecule has 1 fully saturated rings. The van der Waals surface area contributed by atoms with Crippen LogP contribution >= 0.6 is 0 Å². The first-order chi connectivity index (χ1) is 9.65. The first-order valence-electron chi connectivity index (χ1n) is 7.51. The van der Waals surface area contributed by atoms with Crippen LogP contribution in [0.2, 0.25) is 0 Å².